The van der Waals surface area contributed by atoms with Crippen LogP contribution >= 0.6 is 0 Å². The number of methoxy groups -OCH3 is 1. The predicted octanol–water partition coefficient (Wildman–Crippen LogP) is 1.02. The highest BCUT2D eigenvalue weighted by atomic mass is 16.6. The molecule has 0 aromatic carbocycles. The zero-order valence-corrected chi connectivity index (χ0v) is 12.3. The largest absolute Gasteiger partial charge is 0.622 e. The van der Waals surface area contributed by atoms with Crippen molar-refractivity contribution in [1.82, 2.24) is 5.06 Å². The molecule has 19 heavy (non-hydrogen) atoms. The Labute approximate surface area is 113 Å². The van der Waals surface area contributed by atoms with Gasteiger partial charge >= 0.3 is 0 Å². The van der Waals surface area contributed by atoms with E-state index in [4.69, 9.17) is 10.6 Å². The van der Waals surface area contributed by atoms with E-state index < -0.39 is 11.2 Å². The van der Waals surface area contributed by atoms with Crippen LogP contribution in [0.1, 0.15) is 34.6 Å². The van der Waals surface area contributed by atoms with Gasteiger partial charge < -0.3 is 21.0 Å². The van der Waals surface area contributed by atoms with Crippen molar-refractivity contribution in [2.45, 2.75) is 45.8 Å². The fourth-order valence-electron chi connectivity index (χ4n) is 2.37. The molecule has 0 saturated carbocycles. The van der Waals surface area contributed by atoms with E-state index in [1.807, 2.05) is 0 Å². The minimum Gasteiger partial charge on any atom is -0.622 e. The van der Waals surface area contributed by atoms with Gasteiger partial charge in [-0.2, -0.15) is 9.84 Å². The van der Waals surface area contributed by atoms with E-state index in [-0.39, 0.29) is 0 Å². The summed E-state index contributed by atoms with van der Waals surface area (Å²) in [7, 11) is 1.48. The Bertz CT molecular complexity index is 468. The van der Waals surface area contributed by atoms with Gasteiger partial charge in [-0.15, -0.1) is 5.06 Å². The molecule has 1 aliphatic rings. The number of nitrogens with zero attached hydrogens (tertiary/aromatic N) is 3. The molecule has 7 nitrogen and oxygen atoms in total. The molecule has 0 spiro atoms. The highest BCUT2D eigenvalue weighted by Crippen LogP contribution is 2.36. The standard InChI is InChI=1S/C12H22N4O3/c1-7-9(19-6)10-11(3,4)16(18)12(5,15(10)17)8(2)14-13/h7,18H,13H2,1-6H3/b9-7-,14-8+. The predicted molar refractivity (Wildman–Crippen MR) is 72.8 cm³/mol. The van der Waals surface area contributed by atoms with Gasteiger partial charge in [0, 0.05) is 6.92 Å². The summed E-state index contributed by atoms with van der Waals surface area (Å²) in [4.78, 5) is 0. The Morgan fingerprint density at radius 2 is 2.05 bits per heavy atom. The van der Waals surface area contributed by atoms with Crippen LogP contribution in [-0.4, -0.2) is 44.7 Å². The highest BCUT2D eigenvalue weighted by molar-refractivity contribution is 6.04. The molecule has 1 unspecified atom stereocenters. The van der Waals surface area contributed by atoms with Crippen LogP contribution in [0.4, 0.5) is 0 Å². The first-order valence-corrected chi connectivity index (χ1v) is 5.99. The second kappa shape index (κ2) is 4.82. The van der Waals surface area contributed by atoms with Crippen LogP contribution in [0.3, 0.4) is 0 Å². The molecule has 7 heteroatoms. The Kier molecular flexibility index (Phi) is 3.92. The summed E-state index contributed by atoms with van der Waals surface area (Å²) in [5, 5.41) is 27.6. The Morgan fingerprint density at radius 1 is 1.53 bits per heavy atom. The van der Waals surface area contributed by atoms with Gasteiger partial charge in [0.2, 0.25) is 0 Å². The number of allylic oxidation sites excluding steroid dienone is 1. The van der Waals surface area contributed by atoms with Crippen LogP contribution in [0.5, 0.6) is 0 Å². The number of hydrogen-bond donors (Lipinski definition) is 2. The monoisotopic (exact) mass is 270 g/mol. The molecule has 1 atom stereocenters. The maximum absolute atomic E-state index is 12.6. The molecule has 0 amide bonds. The molecule has 1 heterocycles. The quantitative estimate of drug-likeness (QED) is 0.199. The van der Waals surface area contributed by atoms with E-state index in [9.17, 15) is 10.4 Å². The first-order valence-electron chi connectivity index (χ1n) is 5.99. The average Bonchev–Trinajstić information content (AvgIpc) is 2.52. The van der Waals surface area contributed by atoms with Crippen LogP contribution in [0, 0.1) is 5.21 Å². The van der Waals surface area contributed by atoms with Gasteiger partial charge in [0.1, 0.15) is 11.3 Å². The number of rotatable bonds is 3. The lowest BCUT2D eigenvalue weighted by Crippen LogP contribution is -2.57. The fourth-order valence-corrected chi connectivity index (χ4v) is 2.37. The summed E-state index contributed by atoms with van der Waals surface area (Å²) in [5.74, 6) is 5.68. The molecular weight excluding hydrogens is 248 g/mol. The van der Waals surface area contributed by atoms with Crippen LogP contribution in [0.2, 0.25) is 0 Å². The van der Waals surface area contributed by atoms with E-state index in [1.165, 1.54) is 7.11 Å². The minimum absolute atomic E-state index is 0.305. The minimum atomic E-state index is -1.36. The number of hydrogen-bond acceptors (Lipinski definition) is 6. The number of ether oxygens (including phenoxy) is 1. The zero-order chi connectivity index (χ0) is 15.0. The molecule has 1 aliphatic heterocycles. The van der Waals surface area contributed by atoms with Crippen molar-refractivity contribution in [2.24, 2.45) is 10.9 Å². The molecule has 0 aromatic rings. The lowest BCUT2D eigenvalue weighted by molar-refractivity contribution is -0.560. The second-order valence-electron chi connectivity index (χ2n) is 5.11. The molecule has 0 radical (unpaired) electrons. The van der Waals surface area contributed by atoms with Gasteiger partial charge in [0.15, 0.2) is 5.76 Å². The third-order valence-corrected chi connectivity index (χ3v) is 3.71. The third kappa shape index (κ3) is 1.89. The van der Waals surface area contributed by atoms with Crippen LogP contribution in [0.25, 0.3) is 0 Å². The number of hydrazone groups is 1. The van der Waals surface area contributed by atoms with E-state index in [2.05, 4.69) is 5.10 Å². The van der Waals surface area contributed by atoms with Crippen molar-refractivity contribution in [1.29, 1.82) is 0 Å². The summed E-state index contributed by atoms with van der Waals surface area (Å²) >= 11 is 0. The maximum atomic E-state index is 12.6. The lowest BCUT2D eigenvalue weighted by Gasteiger charge is -2.32. The SMILES string of the molecule is C/C=C(\OC)C1=[N+]([O-])C(C)(/C(C)=N/N)N(O)C1(C)C. The van der Waals surface area contributed by atoms with E-state index in [0.717, 1.165) is 5.06 Å². The maximum Gasteiger partial charge on any atom is 0.289 e. The summed E-state index contributed by atoms with van der Waals surface area (Å²) in [6.45, 7) is 8.37. The summed E-state index contributed by atoms with van der Waals surface area (Å²) in [5.41, 5.74) is -1.66. The normalized spacial score (nSPS) is 29.0. The summed E-state index contributed by atoms with van der Waals surface area (Å²) in [6, 6.07) is 0. The Hall–Kier alpha value is -1.60. The van der Waals surface area contributed by atoms with Crippen LogP contribution in [0.15, 0.2) is 16.9 Å². The van der Waals surface area contributed by atoms with Crippen molar-refractivity contribution in [3.8, 4) is 0 Å². The molecule has 1 rings (SSSR count). The Morgan fingerprint density at radius 3 is 2.42 bits per heavy atom. The smallest absolute Gasteiger partial charge is 0.289 e. The lowest BCUT2D eigenvalue weighted by atomic mass is 9.96. The van der Waals surface area contributed by atoms with Crippen molar-refractivity contribution < 1.29 is 14.7 Å². The molecule has 3 N–H and O–H groups in total. The average molecular weight is 270 g/mol. The Balaban J connectivity index is 3.59. The van der Waals surface area contributed by atoms with E-state index >= 15 is 0 Å². The third-order valence-electron chi connectivity index (χ3n) is 3.71. The molecule has 108 valence electrons. The molecular formula is C12H22N4O3. The first-order chi connectivity index (χ1) is 8.69. The van der Waals surface area contributed by atoms with Crippen LogP contribution in [-0.2, 0) is 4.74 Å². The number of nitrogens with two attached hydrogens (primary N) is 1. The van der Waals surface area contributed by atoms with Gasteiger partial charge in [-0.05, 0) is 33.8 Å². The van der Waals surface area contributed by atoms with Crippen molar-refractivity contribution in [3.63, 3.8) is 0 Å². The van der Waals surface area contributed by atoms with E-state index in [0.29, 0.717) is 21.9 Å². The van der Waals surface area contributed by atoms with Crippen molar-refractivity contribution in [2.75, 3.05) is 7.11 Å². The van der Waals surface area contributed by atoms with Gasteiger partial charge in [-0.1, -0.05) is 0 Å². The van der Waals surface area contributed by atoms with Gasteiger partial charge in [0.25, 0.3) is 11.4 Å². The second-order valence-corrected chi connectivity index (χ2v) is 5.11. The topological polar surface area (TPSA) is 97.1 Å². The van der Waals surface area contributed by atoms with Gasteiger partial charge in [-0.25, -0.2) is 0 Å². The molecule has 0 saturated heterocycles. The van der Waals surface area contributed by atoms with Crippen molar-refractivity contribution in [3.05, 3.63) is 17.0 Å². The molecule has 0 bridgehead atoms. The molecule has 0 fully saturated rings. The van der Waals surface area contributed by atoms with E-state index in [1.54, 1.807) is 40.7 Å². The highest BCUT2D eigenvalue weighted by Gasteiger charge is 2.62. The molecule has 0 aliphatic carbocycles. The van der Waals surface area contributed by atoms with Crippen LogP contribution < -0.4 is 5.84 Å². The fraction of sp³-hybridized carbons (Fsp3) is 0.667. The number of hydroxylamine groups is 3. The van der Waals surface area contributed by atoms with Crippen molar-refractivity contribution >= 4 is 11.4 Å². The molecule has 0 aromatic heterocycles. The summed E-state index contributed by atoms with van der Waals surface area (Å²) < 4.78 is 5.91. The van der Waals surface area contributed by atoms with Gasteiger partial charge in [-0.3, -0.25) is 0 Å². The first kappa shape index (κ1) is 15.5. The van der Waals surface area contributed by atoms with Gasteiger partial charge in [0.05, 0.1) is 7.11 Å². The summed E-state index contributed by atoms with van der Waals surface area (Å²) in [6.07, 6.45) is 1.68. The zero-order valence-electron chi connectivity index (χ0n) is 12.3.